The van der Waals surface area contributed by atoms with Crippen LogP contribution in [-0.4, -0.2) is 23.9 Å². The first-order chi connectivity index (χ1) is 3.88. The summed E-state index contributed by atoms with van der Waals surface area (Å²) in [5.41, 5.74) is 0. The molecule has 1 rings (SSSR count). The minimum atomic E-state index is 0.595. The molecule has 1 amide bonds. The Morgan fingerprint density at radius 2 is 2.38 bits per heavy atom. The number of amides is 1. The molecule has 0 radical (unpaired) electrons. The minimum absolute atomic E-state index is 0.595. The van der Waals surface area contributed by atoms with Gasteiger partial charge in [-0.15, -0.1) is 0 Å². The van der Waals surface area contributed by atoms with Gasteiger partial charge in [0, 0.05) is 12.6 Å². The number of rotatable bonds is 3. The zero-order valence-corrected chi connectivity index (χ0v) is 5.13. The summed E-state index contributed by atoms with van der Waals surface area (Å²) in [5, 5.41) is 0. The van der Waals surface area contributed by atoms with Crippen molar-refractivity contribution in [2.24, 2.45) is 0 Å². The molecular weight excluding hydrogens is 102 g/mol. The molecule has 0 bridgehead atoms. The predicted octanol–water partition coefficient (Wildman–Crippen LogP) is 0.627. The zero-order chi connectivity index (χ0) is 5.98. The van der Waals surface area contributed by atoms with Gasteiger partial charge in [0.05, 0.1) is 0 Å². The molecule has 8 heavy (non-hydrogen) atoms. The van der Waals surface area contributed by atoms with Gasteiger partial charge in [-0.3, -0.25) is 4.79 Å². The van der Waals surface area contributed by atoms with Gasteiger partial charge in [-0.25, -0.2) is 0 Å². The Labute approximate surface area is 49.5 Å². The van der Waals surface area contributed by atoms with Crippen LogP contribution in [0, 0.1) is 0 Å². The van der Waals surface area contributed by atoms with E-state index in [9.17, 15) is 4.79 Å². The number of hydrogen-bond donors (Lipinski definition) is 0. The van der Waals surface area contributed by atoms with Crippen LogP contribution in [0.3, 0.4) is 0 Å². The fourth-order valence-corrected chi connectivity index (χ4v) is 0.825. The van der Waals surface area contributed by atoms with Crippen molar-refractivity contribution in [2.45, 2.75) is 25.8 Å². The molecule has 0 heterocycles. The molecular formula is C6H11NO. The zero-order valence-electron chi connectivity index (χ0n) is 5.13. The van der Waals surface area contributed by atoms with Gasteiger partial charge in [-0.05, 0) is 19.8 Å². The Hall–Kier alpha value is -0.530. The van der Waals surface area contributed by atoms with E-state index in [1.54, 1.807) is 0 Å². The summed E-state index contributed by atoms with van der Waals surface area (Å²) in [6.45, 7) is 2.88. The summed E-state index contributed by atoms with van der Waals surface area (Å²) >= 11 is 0. The fourth-order valence-electron chi connectivity index (χ4n) is 0.825. The summed E-state index contributed by atoms with van der Waals surface area (Å²) in [5.74, 6) is 0. The van der Waals surface area contributed by atoms with Gasteiger partial charge in [0.1, 0.15) is 0 Å². The minimum Gasteiger partial charge on any atom is -0.343 e. The van der Waals surface area contributed by atoms with Gasteiger partial charge >= 0.3 is 0 Å². The van der Waals surface area contributed by atoms with Crippen LogP contribution in [0.2, 0.25) is 0 Å². The highest BCUT2D eigenvalue weighted by atomic mass is 16.1. The number of hydrogen-bond acceptors (Lipinski definition) is 1. The molecule has 1 fully saturated rings. The number of carbonyl (C=O) groups is 1. The predicted molar refractivity (Wildman–Crippen MR) is 31.5 cm³/mol. The van der Waals surface area contributed by atoms with Crippen LogP contribution in [0.25, 0.3) is 0 Å². The van der Waals surface area contributed by atoms with E-state index < -0.39 is 0 Å². The molecule has 0 aromatic carbocycles. The highest BCUT2D eigenvalue weighted by Gasteiger charge is 2.26. The molecule has 0 spiro atoms. The first-order valence-electron chi connectivity index (χ1n) is 3.09. The Bertz CT molecular complexity index is 88.5. The van der Waals surface area contributed by atoms with E-state index in [0.29, 0.717) is 6.04 Å². The summed E-state index contributed by atoms with van der Waals surface area (Å²) < 4.78 is 0. The van der Waals surface area contributed by atoms with Crippen molar-refractivity contribution in [2.75, 3.05) is 6.54 Å². The Kier molecular flexibility index (Phi) is 1.51. The van der Waals surface area contributed by atoms with Crippen molar-refractivity contribution in [3.63, 3.8) is 0 Å². The molecule has 0 aromatic heterocycles. The molecule has 1 saturated carbocycles. The third-order valence-electron chi connectivity index (χ3n) is 1.52. The summed E-state index contributed by atoms with van der Waals surface area (Å²) in [6, 6.07) is 0.595. The van der Waals surface area contributed by atoms with Crippen molar-refractivity contribution in [1.82, 2.24) is 4.90 Å². The third-order valence-corrected chi connectivity index (χ3v) is 1.52. The van der Waals surface area contributed by atoms with Crippen molar-refractivity contribution < 1.29 is 4.79 Å². The van der Waals surface area contributed by atoms with Gasteiger partial charge in [-0.1, -0.05) is 0 Å². The first kappa shape index (κ1) is 5.60. The highest BCUT2D eigenvalue weighted by Crippen LogP contribution is 2.24. The quantitative estimate of drug-likeness (QED) is 0.491. The van der Waals surface area contributed by atoms with E-state index in [0.717, 1.165) is 13.0 Å². The lowest BCUT2D eigenvalue weighted by molar-refractivity contribution is -0.118. The smallest absolute Gasteiger partial charge is 0.209 e. The molecule has 0 atom stereocenters. The molecule has 1 aliphatic rings. The van der Waals surface area contributed by atoms with Crippen LogP contribution in [0.4, 0.5) is 0 Å². The number of nitrogens with zero attached hydrogens (tertiary/aromatic N) is 1. The van der Waals surface area contributed by atoms with E-state index in [2.05, 4.69) is 0 Å². The van der Waals surface area contributed by atoms with E-state index in [1.807, 2.05) is 11.8 Å². The van der Waals surface area contributed by atoms with E-state index >= 15 is 0 Å². The van der Waals surface area contributed by atoms with Crippen molar-refractivity contribution in [3.8, 4) is 0 Å². The Morgan fingerprint density at radius 3 is 2.50 bits per heavy atom. The summed E-state index contributed by atoms with van der Waals surface area (Å²) in [7, 11) is 0. The molecule has 1 aliphatic carbocycles. The molecule has 46 valence electrons. The highest BCUT2D eigenvalue weighted by molar-refractivity contribution is 5.48. The lowest BCUT2D eigenvalue weighted by atomic mass is 10.5. The van der Waals surface area contributed by atoms with Crippen LogP contribution in [-0.2, 0) is 4.79 Å². The molecule has 2 nitrogen and oxygen atoms in total. The van der Waals surface area contributed by atoms with Crippen LogP contribution in [0.1, 0.15) is 19.8 Å². The van der Waals surface area contributed by atoms with Crippen LogP contribution in [0.5, 0.6) is 0 Å². The maximum atomic E-state index is 10.1. The van der Waals surface area contributed by atoms with Gasteiger partial charge in [0.2, 0.25) is 6.41 Å². The maximum Gasteiger partial charge on any atom is 0.209 e. The number of carbonyl (C=O) groups excluding carboxylic acids is 1. The molecule has 0 N–H and O–H groups in total. The largest absolute Gasteiger partial charge is 0.343 e. The molecule has 0 aromatic rings. The topological polar surface area (TPSA) is 20.3 Å². The molecule has 0 aliphatic heterocycles. The van der Waals surface area contributed by atoms with Crippen molar-refractivity contribution >= 4 is 6.41 Å². The van der Waals surface area contributed by atoms with E-state index in [1.165, 1.54) is 12.8 Å². The first-order valence-corrected chi connectivity index (χ1v) is 3.09. The Morgan fingerprint density at radius 1 is 1.75 bits per heavy atom. The maximum absolute atomic E-state index is 10.1. The van der Waals surface area contributed by atoms with Crippen LogP contribution < -0.4 is 0 Å². The fraction of sp³-hybridized carbons (Fsp3) is 0.833. The van der Waals surface area contributed by atoms with E-state index in [-0.39, 0.29) is 0 Å². The second-order valence-electron chi connectivity index (χ2n) is 2.17. The molecule has 2 heteroatoms. The molecule has 0 saturated heterocycles. The molecule has 0 unspecified atom stereocenters. The van der Waals surface area contributed by atoms with Gasteiger partial charge in [0.25, 0.3) is 0 Å². The van der Waals surface area contributed by atoms with Gasteiger partial charge in [0.15, 0.2) is 0 Å². The SMILES string of the molecule is CCN(C=O)C1CC1. The monoisotopic (exact) mass is 113 g/mol. The van der Waals surface area contributed by atoms with Crippen molar-refractivity contribution in [3.05, 3.63) is 0 Å². The average molecular weight is 113 g/mol. The van der Waals surface area contributed by atoms with Gasteiger partial charge in [-0.2, -0.15) is 0 Å². The third kappa shape index (κ3) is 0.997. The van der Waals surface area contributed by atoms with Gasteiger partial charge < -0.3 is 4.90 Å². The summed E-state index contributed by atoms with van der Waals surface area (Å²) in [4.78, 5) is 12.0. The normalized spacial score (nSPS) is 18.1. The van der Waals surface area contributed by atoms with Crippen LogP contribution >= 0.6 is 0 Å². The average Bonchev–Trinajstić information content (AvgIpc) is 2.53. The lowest BCUT2D eigenvalue weighted by Crippen LogP contribution is -2.23. The Balaban J connectivity index is 2.25. The standard InChI is InChI=1S/C6H11NO/c1-2-7(5-8)6-3-4-6/h5-6H,2-4H2,1H3. The second kappa shape index (κ2) is 2.16. The van der Waals surface area contributed by atoms with Crippen molar-refractivity contribution in [1.29, 1.82) is 0 Å². The van der Waals surface area contributed by atoms with E-state index in [4.69, 9.17) is 0 Å². The lowest BCUT2D eigenvalue weighted by Gasteiger charge is -2.11. The second-order valence-corrected chi connectivity index (χ2v) is 2.17. The summed E-state index contributed by atoms with van der Waals surface area (Å²) in [6.07, 6.45) is 3.37. The van der Waals surface area contributed by atoms with Crippen LogP contribution in [0.15, 0.2) is 0 Å².